The molecule has 1 aliphatic heterocycles. The minimum Gasteiger partial charge on any atom is -0.368 e. The summed E-state index contributed by atoms with van der Waals surface area (Å²) in [6.07, 6.45) is 1.76. The highest BCUT2D eigenvalue weighted by Crippen LogP contribution is 2.51. The van der Waals surface area contributed by atoms with Crippen molar-refractivity contribution in [2.75, 3.05) is 6.61 Å². The zero-order valence-electron chi connectivity index (χ0n) is 10.2. The summed E-state index contributed by atoms with van der Waals surface area (Å²) in [6, 6.07) is 4.23. The third-order valence-electron chi connectivity index (χ3n) is 4.16. The van der Waals surface area contributed by atoms with Crippen molar-refractivity contribution in [3.63, 3.8) is 0 Å². The van der Waals surface area contributed by atoms with Crippen molar-refractivity contribution in [1.82, 2.24) is 0 Å². The van der Waals surface area contributed by atoms with Crippen LogP contribution in [0.15, 0.2) is 18.2 Å². The van der Waals surface area contributed by atoms with Crippen LogP contribution in [-0.2, 0) is 17.1 Å². The molecule has 1 aliphatic carbocycles. The van der Waals surface area contributed by atoms with Gasteiger partial charge < -0.3 is 4.74 Å². The van der Waals surface area contributed by atoms with Gasteiger partial charge in [0.2, 0.25) is 0 Å². The van der Waals surface area contributed by atoms with Crippen LogP contribution in [0.25, 0.3) is 0 Å². The minimum absolute atomic E-state index is 0.114. The SMILES string of the molecule is Fc1cccc2c1C(F)(F)C(C1CCC(I)OC1)C2. The Labute approximate surface area is 123 Å². The average molecular weight is 382 g/mol. The van der Waals surface area contributed by atoms with Crippen molar-refractivity contribution >= 4 is 22.6 Å². The lowest BCUT2D eigenvalue weighted by Crippen LogP contribution is -2.35. The van der Waals surface area contributed by atoms with Crippen LogP contribution in [0.2, 0.25) is 0 Å². The Bertz CT molecular complexity index is 484. The molecule has 3 atom stereocenters. The number of alkyl halides is 3. The lowest BCUT2D eigenvalue weighted by Gasteiger charge is -2.33. The third kappa shape index (κ3) is 2.28. The van der Waals surface area contributed by atoms with Crippen molar-refractivity contribution in [3.05, 3.63) is 35.1 Å². The molecule has 19 heavy (non-hydrogen) atoms. The van der Waals surface area contributed by atoms with E-state index in [1.54, 1.807) is 6.07 Å². The standard InChI is InChI=1S/C14H14F3IO/c15-11-3-1-2-8-6-10(14(16,17)13(8)11)9-4-5-12(18)19-7-9/h1-3,9-10,12H,4-7H2. The number of benzene rings is 1. The van der Waals surface area contributed by atoms with Gasteiger partial charge in [-0.15, -0.1) is 0 Å². The molecule has 1 aromatic rings. The molecule has 0 amide bonds. The van der Waals surface area contributed by atoms with Gasteiger partial charge in [0.15, 0.2) is 0 Å². The Balaban J connectivity index is 1.89. The fraction of sp³-hybridized carbons (Fsp3) is 0.571. The predicted molar refractivity (Wildman–Crippen MR) is 74.0 cm³/mol. The second-order valence-electron chi connectivity index (χ2n) is 5.29. The van der Waals surface area contributed by atoms with Crippen LogP contribution in [0.4, 0.5) is 13.2 Å². The first-order valence-electron chi connectivity index (χ1n) is 6.41. The Kier molecular flexibility index (Phi) is 3.53. The van der Waals surface area contributed by atoms with Crippen LogP contribution in [-0.4, -0.2) is 10.7 Å². The van der Waals surface area contributed by atoms with Crippen molar-refractivity contribution in [2.24, 2.45) is 11.8 Å². The van der Waals surface area contributed by atoms with Gasteiger partial charge >= 0.3 is 0 Å². The summed E-state index contributed by atoms with van der Waals surface area (Å²) in [5.41, 5.74) is 0.0585. The van der Waals surface area contributed by atoms with E-state index in [1.165, 1.54) is 6.07 Å². The van der Waals surface area contributed by atoms with Crippen molar-refractivity contribution in [1.29, 1.82) is 0 Å². The van der Waals surface area contributed by atoms with Crippen LogP contribution in [0.1, 0.15) is 24.0 Å². The summed E-state index contributed by atoms with van der Waals surface area (Å²) in [5, 5.41) is 0. The molecular weight excluding hydrogens is 368 g/mol. The molecule has 3 unspecified atom stereocenters. The van der Waals surface area contributed by atoms with Gasteiger partial charge in [-0.05, 0) is 36.8 Å². The summed E-state index contributed by atoms with van der Waals surface area (Å²) in [7, 11) is 0. The second-order valence-corrected chi connectivity index (χ2v) is 6.68. The number of rotatable bonds is 1. The lowest BCUT2D eigenvalue weighted by atomic mass is 9.83. The summed E-state index contributed by atoms with van der Waals surface area (Å²) < 4.78 is 48.2. The van der Waals surface area contributed by atoms with Gasteiger partial charge in [-0.3, -0.25) is 0 Å². The lowest BCUT2D eigenvalue weighted by molar-refractivity contribution is -0.103. The first-order chi connectivity index (χ1) is 9.00. The first-order valence-corrected chi connectivity index (χ1v) is 7.66. The number of fused-ring (bicyclic) bond motifs is 1. The highest BCUT2D eigenvalue weighted by molar-refractivity contribution is 14.1. The Morgan fingerprint density at radius 1 is 1.26 bits per heavy atom. The van der Waals surface area contributed by atoms with Gasteiger partial charge in [0, 0.05) is 5.92 Å². The first kappa shape index (κ1) is 13.7. The monoisotopic (exact) mass is 382 g/mol. The fourth-order valence-electron chi connectivity index (χ4n) is 3.18. The molecule has 1 aromatic carbocycles. The molecule has 104 valence electrons. The fourth-order valence-corrected chi connectivity index (χ4v) is 3.75. The molecule has 1 fully saturated rings. The molecule has 5 heteroatoms. The Morgan fingerprint density at radius 2 is 2.05 bits per heavy atom. The molecule has 0 radical (unpaired) electrons. The molecule has 1 saturated heterocycles. The van der Waals surface area contributed by atoms with Crippen LogP contribution in [0, 0.1) is 17.7 Å². The maximum absolute atomic E-state index is 14.4. The van der Waals surface area contributed by atoms with E-state index in [4.69, 9.17) is 4.74 Å². The predicted octanol–water partition coefficient (Wildman–Crippen LogP) is 4.28. The molecule has 3 rings (SSSR count). The Morgan fingerprint density at radius 3 is 2.68 bits per heavy atom. The summed E-state index contributed by atoms with van der Waals surface area (Å²) >= 11 is 2.17. The van der Waals surface area contributed by atoms with Gasteiger partial charge in [0.1, 0.15) is 9.93 Å². The van der Waals surface area contributed by atoms with Gasteiger partial charge in [-0.25, -0.2) is 13.2 Å². The summed E-state index contributed by atoms with van der Waals surface area (Å²) in [6.45, 7) is 0.351. The average Bonchev–Trinajstić information content (AvgIpc) is 2.63. The van der Waals surface area contributed by atoms with Gasteiger partial charge in [0.05, 0.1) is 12.2 Å². The van der Waals surface area contributed by atoms with Crippen LogP contribution in [0.3, 0.4) is 0 Å². The highest BCUT2D eigenvalue weighted by Gasteiger charge is 2.53. The maximum Gasteiger partial charge on any atom is 0.279 e. The van der Waals surface area contributed by atoms with Crippen molar-refractivity contribution in [3.8, 4) is 0 Å². The van der Waals surface area contributed by atoms with E-state index in [0.717, 1.165) is 18.9 Å². The van der Waals surface area contributed by atoms with E-state index in [2.05, 4.69) is 22.6 Å². The zero-order chi connectivity index (χ0) is 13.6. The molecule has 0 saturated carbocycles. The van der Waals surface area contributed by atoms with E-state index in [-0.39, 0.29) is 16.4 Å². The highest BCUT2D eigenvalue weighted by atomic mass is 127. The van der Waals surface area contributed by atoms with E-state index in [1.807, 2.05) is 0 Å². The van der Waals surface area contributed by atoms with Gasteiger partial charge in [-0.1, -0.05) is 34.7 Å². The zero-order valence-corrected chi connectivity index (χ0v) is 12.4. The van der Waals surface area contributed by atoms with E-state index < -0.39 is 23.2 Å². The van der Waals surface area contributed by atoms with E-state index in [0.29, 0.717) is 12.2 Å². The van der Waals surface area contributed by atoms with Gasteiger partial charge in [0.25, 0.3) is 5.92 Å². The molecular formula is C14H14F3IO. The van der Waals surface area contributed by atoms with Gasteiger partial charge in [-0.2, -0.15) is 0 Å². The quantitative estimate of drug-likeness (QED) is 0.521. The minimum atomic E-state index is -3.08. The number of hydrogen-bond acceptors (Lipinski definition) is 1. The number of halogens is 4. The molecule has 0 bridgehead atoms. The molecule has 0 aromatic heterocycles. The number of ether oxygens (including phenoxy) is 1. The normalized spacial score (nSPS) is 33.2. The largest absolute Gasteiger partial charge is 0.368 e. The topological polar surface area (TPSA) is 9.23 Å². The summed E-state index contributed by atoms with van der Waals surface area (Å²) in [4.78, 5) is 0. The van der Waals surface area contributed by atoms with E-state index in [9.17, 15) is 13.2 Å². The van der Waals surface area contributed by atoms with Crippen LogP contribution in [0.5, 0.6) is 0 Å². The Hall–Kier alpha value is -0.300. The molecule has 1 heterocycles. The molecule has 0 spiro atoms. The van der Waals surface area contributed by atoms with Crippen LogP contribution < -0.4 is 0 Å². The number of hydrogen-bond donors (Lipinski definition) is 0. The molecule has 2 aliphatic rings. The van der Waals surface area contributed by atoms with Crippen molar-refractivity contribution < 1.29 is 17.9 Å². The summed E-state index contributed by atoms with van der Waals surface area (Å²) in [5.74, 6) is -4.88. The van der Waals surface area contributed by atoms with Crippen LogP contribution >= 0.6 is 22.6 Å². The third-order valence-corrected chi connectivity index (χ3v) is 5.15. The second kappa shape index (κ2) is 4.91. The smallest absolute Gasteiger partial charge is 0.279 e. The molecule has 1 nitrogen and oxygen atoms in total. The van der Waals surface area contributed by atoms with Crippen molar-refractivity contribution in [2.45, 2.75) is 29.3 Å². The maximum atomic E-state index is 14.4. The molecule has 0 N–H and O–H groups in total. The van der Waals surface area contributed by atoms with E-state index >= 15 is 0 Å².